The first-order valence-electron chi connectivity index (χ1n) is 7.53. The number of carbonyl (C=O) groups is 1. The van der Waals surface area contributed by atoms with Crippen molar-refractivity contribution in [3.8, 4) is 0 Å². The molecule has 1 fully saturated rings. The summed E-state index contributed by atoms with van der Waals surface area (Å²) in [6.45, 7) is 9.31. The first kappa shape index (κ1) is 14.8. The van der Waals surface area contributed by atoms with E-state index in [2.05, 4.69) is 38.0 Å². The first-order valence-corrected chi connectivity index (χ1v) is 7.53. The molecule has 1 aliphatic heterocycles. The van der Waals surface area contributed by atoms with Gasteiger partial charge >= 0.3 is 0 Å². The van der Waals surface area contributed by atoms with Crippen molar-refractivity contribution in [3.05, 3.63) is 23.9 Å². The average molecular weight is 275 g/mol. The van der Waals surface area contributed by atoms with Gasteiger partial charge in [0.2, 0.25) is 0 Å². The van der Waals surface area contributed by atoms with Gasteiger partial charge in [0.15, 0.2) is 0 Å². The second-order valence-corrected chi connectivity index (χ2v) is 6.07. The smallest absolute Gasteiger partial charge is 0.272 e. The molecule has 1 aliphatic rings. The lowest BCUT2D eigenvalue weighted by molar-refractivity contribution is 0.0545. The Morgan fingerprint density at radius 3 is 2.85 bits per heavy atom. The van der Waals surface area contributed by atoms with Crippen LogP contribution in [0.25, 0.3) is 0 Å². The van der Waals surface area contributed by atoms with Crippen molar-refractivity contribution in [1.29, 1.82) is 0 Å². The molecule has 0 aromatic carbocycles. The van der Waals surface area contributed by atoms with Gasteiger partial charge in [-0.2, -0.15) is 0 Å². The average Bonchev–Trinajstić information content (AvgIpc) is 2.41. The van der Waals surface area contributed by atoms with E-state index in [4.69, 9.17) is 0 Å². The Morgan fingerprint density at radius 2 is 2.15 bits per heavy atom. The van der Waals surface area contributed by atoms with E-state index >= 15 is 0 Å². The largest absolute Gasteiger partial charge is 0.368 e. The van der Waals surface area contributed by atoms with Crippen LogP contribution in [0.1, 0.15) is 51.0 Å². The van der Waals surface area contributed by atoms with Gasteiger partial charge in [-0.1, -0.05) is 13.0 Å². The van der Waals surface area contributed by atoms with E-state index in [0.717, 1.165) is 18.8 Å². The summed E-state index contributed by atoms with van der Waals surface area (Å²) in [4.78, 5) is 19.0. The molecule has 2 atom stereocenters. The van der Waals surface area contributed by atoms with Crippen molar-refractivity contribution in [2.24, 2.45) is 5.92 Å². The molecule has 2 unspecified atom stereocenters. The third-order valence-corrected chi connectivity index (χ3v) is 4.04. The topological polar surface area (TPSA) is 45.2 Å². The molecule has 4 heteroatoms. The summed E-state index contributed by atoms with van der Waals surface area (Å²) < 4.78 is 0. The van der Waals surface area contributed by atoms with Gasteiger partial charge in [0.05, 0.1) is 0 Å². The number of nitrogens with zero attached hydrogens (tertiary/aromatic N) is 2. The van der Waals surface area contributed by atoms with Crippen LogP contribution >= 0.6 is 0 Å². The molecule has 1 aromatic rings. The summed E-state index contributed by atoms with van der Waals surface area (Å²) in [5.41, 5.74) is 0.539. The Hall–Kier alpha value is -1.58. The molecular weight excluding hydrogens is 250 g/mol. The lowest BCUT2D eigenvalue weighted by atomic mass is 9.92. The number of pyridine rings is 1. The highest BCUT2D eigenvalue weighted by Crippen LogP contribution is 2.24. The van der Waals surface area contributed by atoms with Gasteiger partial charge < -0.3 is 10.2 Å². The van der Waals surface area contributed by atoms with Gasteiger partial charge in [0.25, 0.3) is 5.91 Å². The monoisotopic (exact) mass is 275 g/mol. The molecule has 0 bridgehead atoms. The minimum atomic E-state index is 0.0523. The zero-order valence-corrected chi connectivity index (χ0v) is 12.9. The number of rotatable bonds is 3. The predicted molar refractivity (Wildman–Crippen MR) is 81.9 cm³/mol. The molecule has 1 saturated heterocycles. The Morgan fingerprint density at radius 1 is 1.40 bits per heavy atom. The fourth-order valence-electron chi connectivity index (χ4n) is 2.70. The molecule has 0 saturated carbocycles. The number of aromatic nitrogens is 1. The highest BCUT2D eigenvalue weighted by molar-refractivity contribution is 5.93. The summed E-state index contributed by atoms with van der Waals surface area (Å²) >= 11 is 0. The van der Waals surface area contributed by atoms with Crippen molar-refractivity contribution < 1.29 is 4.79 Å². The molecule has 1 aromatic heterocycles. The van der Waals surface area contributed by atoms with Crippen LogP contribution in [0.5, 0.6) is 0 Å². The van der Waals surface area contributed by atoms with Crippen LogP contribution in [0.3, 0.4) is 0 Å². The van der Waals surface area contributed by atoms with Crippen LogP contribution in [-0.2, 0) is 0 Å². The van der Waals surface area contributed by atoms with E-state index < -0.39 is 0 Å². The molecule has 4 nitrogen and oxygen atoms in total. The van der Waals surface area contributed by atoms with Crippen molar-refractivity contribution in [2.45, 2.75) is 52.6 Å². The van der Waals surface area contributed by atoms with E-state index in [-0.39, 0.29) is 5.91 Å². The standard InChI is InChI=1S/C16H25N3O/c1-11(2)17-15-9-5-8-14(18-15)16(20)19-10-6-7-12(3)13(19)4/h5,8-9,11-13H,6-7,10H2,1-4H3,(H,17,18). The molecule has 1 N–H and O–H groups in total. The molecule has 2 heterocycles. The highest BCUT2D eigenvalue weighted by atomic mass is 16.2. The van der Waals surface area contributed by atoms with Crippen molar-refractivity contribution in [2.75, 3.05) is 11.9 Å². The second kappa shape index (κ2) is 6.25. The summed E-state index contributed by atoms with van der Waals surface area (Å²) in [6, 6.07) is 6.20. The van der Waals surface area contributed by atoms with Crippen molar-refractivity contribution >= 4 is 11.7 Å². The maximum absolute atomic E-state index is 12.6. The summed E-state index contributed by atoms with van der Waals surface area (Å²) in [7, 11) is 0. The fraction of sp³-hybridized carbons (Fsp3) is 0.625. The van der Waals surface area contributed by atoms with Gasteiger partial charge in [0.1, 0.15) is 11.5 Å². The molecule has 20 heavy (non-hydrogen) atoms. The maximum atomic E-state index is 12.6. The summed E-state index contributed by atoms with van der Waals surface area (Å²) in [6.07, 6.45) is 2.29. The predicted octanol–water partition coefficient (Wildman–Crippen LogP) is 3.16. The van der Waals surface area contributed by atoms with E-state index in [1.165, 1.54) is 6.42 Å². The second-order valence-electron chi connectivity index (χ2n) is 6.07. The minimum absolute atomic E-state index is 0.0523. The number of amides is 1. The normalized spacial score (nSPS) is 22.9. The lowest BCUT2D eigenvalue weighted by Crippen LogP contribution is -2.46. The lowest BCUT2D eigenvalue weighted by Gasteiger charge is -2.37. The van der Waals surface area contributed by atoms with E-state index in [9.17, 15) is 4.79 Å². The Kier molecular flexibility index (Phi) is 4.63. The molecule has 0 spiro atoms. The number of hydrogen-bond donors (Lipinski definition) is 1. The molecule has 110 valence electrons. The van der Waals surface area contributed by atoms with Gasteiger partial charge in [-0.05, 0) is 51.7 Å². The Labute approximate surface area is 121 Å². The zero-order valence-electron chi connectivity index (χ0n) is 12.9. The molecule has 2 rings (SSSR count). The maximum Gasteiger partial charge on any atom is 0.272 e. The number of nitrogens with one attached hydrogen (secondary N) is 1. The third-order valence-electron chi connectivity index (χ3n) is 4.04. The van der Waals surface area contributed by atoms with Gasteiger partial charge in [-0.3, -0.25) is 4.79 Å². The quantitative estimate of drug-likeness (QED) is 0.921. The van der Waals surface area contributed by atoms with Crippen LogP contribution in [0.2, 0.25) is 0 Å². The minimum Gasteiger partial charge on any atom is -0.368 e. The highest BCUT2D eigenvalue weighted by Gasteiger charge is 2.29. The zero-order chi connectivity index (χ0) is 14.7. The fourth-order valence-corrected chi connectivity index (χ4v) is 2.70. The van der Waals surface area contributed by atoms with Crippen LogP contribution in [0, 0.1) is 5.92 Å². The summed E-state index contributed by atoms with van der Waals surface area (Å²) in [5.74, 6) is 1.38. The molecule has 0 radical (unpaired) electrons. The van der Waals surface area contributed by atoms with Crippen LogP contribution in [0.4, 0.5) is 5.82 Å². The number of piperidine rings is 1. The van der Waals surface area contributed by atoms with Crippen LogP contribution in [-0.4, -0.2) is 34.4 Å². The van der Waals surface area contributed by atoms with Gasteiger partial charge in [0, 0.05) is 18.6 Å². The molecule has 1 amide bonds. The summed E-state index contributed by atoms with van der Waals surface area (Å²) in [5, 5.41) is 3.24. The number of carbonyl (C=O) groups excluding carboxylic acids is 1. The SMILES string of the molecule is CC(C)Nc1cccc(C(=O)N2CCCC(C)C2C)n1. The number of likely N-dealkylation sites (tertiary alicyclic amines) is 1. The van der Waals surface area contributed by atoms with E-state index in [0.29, 0.717) is 23.7 Å². The first-order chi connectivity index (χ1) is 9.49. The van der Waals surface area contributed by atoms with Gasteiger partial charge in [-0.15, -0.1) is 0 Å². The van der Waals surface area contributed by atoms with E-state index in [1.807, 2.05) is 17.0 Å². The Balaban J connectivity index is 2.16. The van der Waals surface area contributed by atoms with E-state index in [1.54, 1.807) is 6.07 Å². The van der Waals surface area contributed by atoms with Crippen molar-refractivity contribution in [1.82, 2.24) is 9.88 Å². The van der Waals surface area contributed by atoms with Crippen LogP contribution < -0.4 is 5.32 Å². The molecule has 0 aliphatic carbocycles. The molecular formula is C16H25N3O. The van der Waals surface area contributed by atoms with Crippen molar-refractivity contribution in [3.63, 3.8) is 0 Å². The third kappa shape index (κ3) is 3.30. The number of hydrogen-bond acceptors (Lipinski definition) is 3. The van der Waals surface area contributed by atoms with Crippen LogP contribution in [0.15, 0.2) is 18.2 Å². The number of anilines is 1. The Bertz CT molecular complexity index is 473. The van der Waals surface area contributed by atoms with Gasteiger partial charge in [-0.25, -0.2) is 4.98 Å².